The van der Waals surface area contributed by atoms with Crippen molar-refractivity contribution in [3.8, 4) is 0 Å². The minimum atomic E-state index is -0.0440. The van der Waals surface area contributed by atoms with E-state index in [1.165, 1.54) is 38.5 Å². The fourth-order valence-electron chi connectivity index (χ4n) is 1.63. The van der Waals surface area contributed by atoms with Crippen molar-refractivity contribution < 1.29 is 5.11 Å². The van der Waals surface area contributed by atoms with Crippen LogP contribution in [0.2, 0.25) is 0 Å². The second-order valence-corrected chi connectivity index (χ2v) is 5.28. The largest absolute Gasteiger partial charge is 0.393 e. The molecule has 1 fully saturated rings. The minimum absolute atomic E-state index is 0.0440. The molecule has 1 unspecified atom stereocenters. The van der Waals surface area contributed by atoms with E-state index in [9.17, 15) is 5.11 Å². The van der Waals surface area contributed by atoms with Crippen molar-refractivity contribution in [2.24, 2.45) is 5.41 Å². The maximum absolute atomic E-state index is 9.23. The summed E-state index contributed by atoms with van der Waals surface area (Å²) in [7, 11) is 0. The van der Waals surface area contributed by atoms with Crippen LogP contribution in [0, 0.1) is 5.41 Å². The van der Waals surface area contributed by atoms with E-state index in [-0.39, 0.29) is 6.10 Å². The van der Waals surface area contributed by atoms with E-state index < -0.39 is 0 Å². The Labute approximate surface area is 96.3 Å². The zero-order valence-corrected chi connectivity index (χ0v) is 11.2. The highest BCUT2D eigenvalue weighted by Gasteiger charge is 2.38. The molecule has 1 rings (SSSR count). The lowest BCUT2D eigenvalue weighted by atomic mass is 10.00. The number of aliphatic hydroxyl groups is 1. The van der Waals surface area contributed by atoms with E-state index >= 15 is 0 Å². The van der Waals surface area contributed by atoms with Crippen LogP contribution in [0.1, 0.15) is 79.1 Å². The minimum Gasteiger partial charge on any atom is -0.393 e. The van der Waals surface area contributed by atoms with E-state index in [2.05, 4.69) is 20.8 Å². The topological polar surface area (TPSA) is 20.2 Å². The maximum Gasteiger partial charge on any atom is 0.0542 e. The normalized spacial score (nSPS) is 19.0. The first kappa shape index (κ1) is 15.0. The van der Waals surface area contributed by atoms with Gasteiger partial charge in [0, 0.05) is 0 Å². The Hall–Kier alpha value is -0.0400. The summed E-state index contributed by atoms with van der Waals surface area (Å²) in [4.78, 5) is 0. The molecule has 1 aliphatic rings. The summed E-state index contributed by atoms with van der Waals surface area (Å²) >= 11 is 0. The van der Waals surface area contributed by atoms with Crippen LogP contribution in [0.25, 0.3) is 0 Å². The van der Waals surface area contributed by atoms with E-state index in [0.29, 0.717) is 5.41 Å². The molecule has 0 aromatic carbocycles. The van der Waals surface area contributed by atoms with Crippen molar-refractivity contribution in [2.45, 2.75) is 85.2 Å². The van der Waals surface area contributed by atoms with Gasteiger partial charge < -0.3 is 5.11 Å². The maximum atomic E-state index is 9.23. The highest BCUT2D eigenvalue weighted by Crippen LogP contribution is 2.49. The molecular formula is C14H30O. The van der Waals surface area contributed by atoms with Gasteiger partial charge in [-0.1, -0.05) is 53.4 Å². The first-order valence-corrected chi connectivity index (χ1v) is 6.76. The molecule has 15 heavy (non-hydrogen) atoms. The average Bonchev–Trinajstić information content (AvgIpc) is 2.93. The van der Waals surface area contributed by atoms with Crippen molar-refractivity contribution in [2.75, 3.05) is 0 Å². The molecule has 1 saturated carbocycles. The van der Waals surface area contributed by atoms with E-state index in [0.717, 1.165) is 12.8 Å². The Bertz CT molecular complexity index is 134. The number of unbranched alkanes of at least 4 members (excludes halogenated alkanes) is 3. The molecule has 92 valence electrons. The third kappa shape index (κ3) is 8.92. The molecule has 0 bridgehead atoms. The van der Waals surface area contributed by atoms with Gasteiger partial charge in [0.05, 0.1) is 6.10 Å². The molecule has 0 aromatic heterocycles. The summed E-state index contributed by atoms with van der Waals surface area (Å²) in [5.41, 5.74) is 0.523. The molecule has 1 heteroatoms. The Morgan fingerprint density at radius 2 is 1.53 bits per heavy atom. The predicted octanol–water partition coefficient (Wildman–Crippen LogP) is 4.53. The predicted molar refractivity (Wildman–Crippen MR) is 68.1 cm³/mol. The number of hydrogen-bond acceptors (Lipinski definition) is 1. The summed E-state index contributed by atoms with van der Waals surface area (Å²) in [6.07, 6.45) is 10.1. The molecule has 0 aromatic rings. The number of rotatable bonds is 6. The van der Waals surface area contributed by atoms with Gasteiger partial charge in [0.15, 0.2) is 0 Å². The van der Waals surface area contributed by atoms with Crippen molar-refractivity contribution in [3.63, 3.8) is 0 Å². The van der Waals surface area contributed by atoms with E-state index in [4.69, 9.17) is 0 Å². The van der Waals surface area contributed by atoms with Crippen molar-refractivity contribution in [1.82, 2.24) is 0 Å². The fraction of sp³-hybridized carbons (Fsp3) is 1.00. The molecule has 1 aliphatic carbocycles. The van der Waals surface area contributed by atoms with Crippen molar-refractivity contribution >= 4 is 0 Å². The molecule has 0 aliphatic heterocycles. The highest BCUT2D eigenvalue weighted by molar-refractivity contribution is 4.89. The monoisotopic (exact) mass is 214 g/mol. The molecule has 0 spiro atoms. The van der Waals surface area contributed by atoms with Crippen LogP contribution in [-0.4, -0.2) is 11.2 Å². The SMILES string of the molecule is CCC(O)CC1(C)CC1.CCCCCC. The molecule has 1 atom stereocenters. The van der Waals surface area contributed by atoms with Gasteiger partial charge in [-0.25, -0.2) is 0 Å². The van der Waals surface area contributed by atoms with Gasteiger partial charge in [0.1, 0.15) is 0 Å². The summed E-state index contributed by atoms with van der Waals surface area (Å²) in [6.45, 7) is 8.76. The van der Waals surface area contributed by atoms with Gasteiger partial charge in [-0.05, 0) is 31.1 Å². The average molecular weight is 214 g/mol. The first-order chi connectivity index (χ1) is 7.08. The molecule has 1 nitrogen and oxygen atoms in total. The number of hydrogen-bond donors (Lipinski definition) is 1. The van der Waals surface area contributed by atoms with Gasteiger partial charge in [-0.2, -0.15) is 0 Å². The molecule has 0 saturated heterocycles. The Kier molecular flexibility index (Phi) is 8.13. The summed E-state index contributed by atoms with van der Waals surface area (Å²) in [5, 5.41) is 9.23. The van der Waals surface area contributed by atoms with Gasteiger partial charge in [0.25, 0.3) is 0 Å². The van der Waals surface area contributed by atoms with Crippen LogP contribution >= 0.6 is 0 Å². The molecule has 0 radical (unpaired) electrons. The van der Waals surface area contributed by atoms with Gasteiger partial charge in [-0.15, -0.1) is 0 Å². The van der Waals surface area contributed by atoms with Crippen LogP contribution in [0.3, 0.4) is 0 Å². The first-order valence-electron chi connectivity index (χ1n) is 6.76. The molecular weight excluding hydrogens is 184 g/mol. The third-order valence-corrected chi connectivity index (χ3v) is 3.26. The quantitative estimate of drug-likeness (QED) is 0.644. The zero-order valence-electron chi connectivity index (χ0n) is 11.2. The third-order valence-electron chi connectivity index (χ3n) is 3.26. The smallest absolute Gasteiger partial charge is 0.0542 e. The van der Waals surface area contributed by atoms with Crippen molar-refractivity contribution in [3.05, 3.63) is 0 Å². The van der Waals surface area contributed by atoms with Crippen LogP contribution in [-0.2, 0) is 0 Å². The van der Waals surface area contributed by atoms with E-state index in [1.54, 1.807) is 0 Å². The van der Waals surface area contributed by atoms with Crippen LogP contribution < -0.4 is 0 Å². The standard InChI is InChI=1S/C8H16O.C6H14/c1-3-7(9)6-8(2)4-5-8;1-3-5-6-4-2/h7,9H,3-6H2,1-2H3;3-6H2,1-2H3. The van der Waals surface area contributed by atoms with Crippen LogP contribution in [0.4, 0.5) is 0 Å². The van der Waals surface area contributed by atoms with Crippen molar-refractivity contribution in [1.29, 1.82) is 0 Å². The Morgan fingerprint density at radius 3 is 1.80 bits per heavy atom. The molecule has 0 amide bonds. The highest BCUT2D eigenvalue weighted by atomic mass is 16.3. The van der Waals surface area contributed by atoms with Crippen LogP contribution in [0.15, 0.2) is 0 Å². The molecule has 0 heterocycles. The number of aliphatic hydroxyl groups excluding tert-OH is 1. The second-order valence-electron chi connectivity index (χ2n) is 5.28. The van der Waals surface area contributed by atoms with E-state index in [1.807, 2.05) is 6.92 Å². The summed E-state index contributed by atoms with van der Waals surface area (Å²) in [6, 6.07) is 0. The summed E-state index contributed by atoms with van der Waals surface area (Å²) in [5.74, 6) is 0. The Balaban J connectivity index is 0.000000288. The molecule has 1 N–H and O–H groups in total. The fourth-order valence-corrected chi connectivity index (χ4v) is 1.63. The lowest BCUT2D eigenvalue weighted by molar-refractivity contribution is 0.136. The zero-order chi connectivity index (χ0) is 11.7. The van der Waals surface area contributed by atoms with Gasteiger partial charge in [0.2, 0.25) is 0 Å². The lowest BCUT2D eigenvalue weighted by Crippen LogP contribution is -2.10. The lowest BCUT2D eigenvalue weighted by Gasteiger charge is -2.11. The summed E-state index contributed by atoms with van der Waals surface area (Å²) < 4.78 is 0. The van der Waals surface area contributed by atoms with Gasteiger partial charge in [-0.3, -0.25) is 0 Å². The van der Waals surface area contributed by atoms with Gasteiger partial charge >= 0.3 is 0 Å². The van der Waals surface area contributed by atoms with Crippen LogP contribution in [0.5, 0.6) is 0 Å². The Morgan fingerprint density at radius 1 is 1.07 bits per heavy atom. The second kappa shape index (κ2) is 8.15.